The molecule has 4 heteroatoms. The molecule has 0 aliphatic rings. The molecular formula is C19H22N2O2. The average molecular weight is 310 g/mol. The molecular weight excluding hydrogens is 288 g/mol. The zero-order valence-corrected chi connectivity index (χ0v) is 13.6. The van der Waals surface area contributed by atoms with Crippen LogP contribution in [-0.4, -0.2) is 21.3 Å². The third-order valence-corrected chi connectivity index (χ3v) is 3.94. The van der Waals surface area contributed by atoms with Crippen LogP contribution < -0.4 is 4.74 Å². The van der Waals surface area contributed by atoms with Gasteiger partial charge in [-0.3, -0.25) is 0 Å². The van der Waals surface area contributed by atoms with Crippen LogP contribution in [0.15, 0.2) is 48.5 Å². The van der Waals surface area contributed by atoms with E-state index in [2.05, 4.69) is 9.55 Å². The number of hydrogen-bond acceptors (Lipinski definition) is 3. The van der Waals surface area contributed by atoms with Gasteiger partial charge >= 0.3 is 0 Å². The number of imidazole rings is 1. The molecule has 0 radical (unpaired) electrons. The lowest BCUT2D eigenvalue weighted by atomic mass is 10.2. The zero-order chi connectivity index (χ0) is 16.2. The molecule has 0 fully saturated rings. The van der Waals surface area contributed by atoms with Crippen LogP contribution in [0.2, 0.25) is 0 Å². The number of aromatic nitrogens is 2. The predicted octanol–water partition coefficient (Wildman–Crippen LogP) is 3.87. The van der Waals surface area contributed by atoms with Gasteiger partial charge < -0.3 is 14.4 Å². The number of rotatable bonds is 6. The molecule has 23 heavy (non-hydrogen) atoms. The predicted molar refractivity (Wildman–Crippen MR) is 91.7 cm³/mol. The van der Waals surface area contributed by atoms with Crippen molar-refractivity contribution in [1.82, 2.24) is 9.55 Å². The van der Waals surface area contributed by atoms with Crippen LogP contribution in [-0.2, 0) is 6.54 Å². The first kappa shape index (κ1) is 15.6. The van der Waals surface area contributed by atoms with Gasteiger partial charge in [0.1, 0.15) is 24.3 Å². The molecule has 1 aromatic heterocycles. The summed E-state index contributed by atoms with van der Waals surface area (Å²) in [5.41, 5.74) is 3.12. The number of para-hydroxylation sites is 2. The van der Waals surface area contributed by atoms with E-state index in [0.717, 1.165) is 16.8 Å². The number of fused-ring (bicyclic) bond motifs is 1. The summed E-state index contributed by atoms with van der Waals surface area (Å²) in [6.07, 6.45) is 0.0866. The van der Waals surface area contributed by atoms with E-state index < -0.39 is 6.10 Å². The summed E-state index contributed by atoms with van der Waals surface area (Å²) < 4.78 is 7.90. The summed E-state index contributed by atoms with van der Waals surface area (Å²) in [7, 11) is 0. The molecule has 1 N–H and O–H groups in total. The van der Waals surface area contributed by atoms with Crippen LogP contribution in [0.3, 0.4) is 0 Å². The molecule has 1 heterocycles. The number of benzene rings is 2. The summed E-state index contributed by atoms with van der Waals surface area (Å²) in [6, 6.07) is 16.0. The quantitative estimate of drug-likeness (QED) is 0.752. The minimum atomic E-state index is -0.554. The van der Waals surface area contributed by atoms with Crippen molar-refractivity contribution in [2.75, 3.05) is 6.61 Å². The van der Waals surface area contributed by atoms with Crippen LogP contribution in [0, 0.1) is 6.92 Å². The minimum absolute atomic E-state index is 0.535. The van der Waals surface area contributed by atoms with Crippen LogP contribution in [0.4, 0.5) is 0 Å². The Morgan fingerprint density at radius 1 is 1.17 bits per heavy atom. The van der Waals surface area contributed by atoms with Crippen molar-refractivity contribution in [3.05, 3.63) is 59.9 Å². The molecule has 120 valence electrons. The van der Waals surface area contributed by atoms with E-state index in [-0.39, 0.29) is 0 Å². The molecule has 4 nitrogen and oxygen atoms in total. The Morgan fingerprint density at radius 2 is 2.00 bits per heavy atom. The summed E-state index contributed by atoms with van der Waals surface area (Å²) in [4.78, 5) is 4.58. The van der Waals surface area contributed by atoms with Gasteiger partial charge in [0, 0.05) is 0 Å². The van der Waals surface area contributed by atoms with E-state index in [9.17, 15) is 5.11 Å². The standard InChI is InChI=1S/C19H22N2O2/c1-3-18(22)19-20-16-9-4-5-10-17(16)21(19)11-12-23-15-8-6-7-14(2)13-15/h4-10,13,18,22H,3,11-12H2,1-2H3/t18-/m0/s1. The van der Waals surface area contributed by atoms with Crippen molar-refractivity contribution in [2.45, 2.75) is 32.9 Å². The highest BCUT2D eigenvalue weighted by atomic mass is 16.5. The Kier molecular flexibility index (Phi) is 4.63. The van der Waals surface area contributed by atoms with Gasteiger partial charge in [0.15, 0.2) is 0 Å². The van der Waals surface area contributed by atoms with Gasteiger partial charge in [0.25, 0.3) is 0 Å². The lowest BCUT2D eigenvalue weighted by molar-refractivity contribution is 0.157. The lowest BCUT2D eigenvalue weighted by Crippen LogP contribution is -2.13. The Labute approximate surface area is 136 Å². The van der Waals surface area contributed by atoms with Crippen LogP contribution in [0.25, 0.3) is 11.0 Å². The van der Waals surface area contributed by atoms with E-state index in [4.69, 9.17) is 4.74 Å². The van der Waals surface area contributed by atoms with Gasteiger partial charge in [0.05, 0.1) is 17.6 Å². The molecule has 1 atom stereocenters. The van der Waals surface area contributed by atoms with Gasteiger partial charge in [-0.25, -0.2) is 4.98 Å². The number of nitrogens with zero attached hydrogens (tertiary/aromatic N) is 2. The van der Waals surface area contributed by atoms with E-state index >= 15 is 0 Å². The van der Waals surface area contributed by atoms with Gasteiger partial charge in [-0.15, -0.1) is 0 Å². The lowest BCUT2D eigenvalue weighted by Gasteiger charge is -2.13. The van der Waals surface area contributed by atoms with E-state index in [1.807, 2.05) is 62.4 Å². The maximum Gasteiger partial charge on any atom is 0.138 e. The first-order valence-corrected chi connectivity index (χ1v) is 8.01. The molecule has 0 saturated carbocycles. The highest BCUT2D eigenvalue weighted by Gasteiger charge is 2.16. The maximum absolute atomic E-state index is 10.2. The number of aryl methyl sites for hydroxylation is 1. The fourth-order valence-electron chi connectivity index (χ4n) is 2.73. The highest BCUT2D eigenvalue weighted by Crippen LogP contribution is 2.22. The van der Waals surface area contributed by atoms with E-state index in [1.165, 1.54) is 5.56 Å². The molecule has 0 unspecified atom stereocenters. The molecule has 2 aromatic carbocycles. The van der Waals surface area contributed by atoms with E-state index in [0.29, 0.717) is 25.4 Å². The monoisotopic (exact) mass is 310 g/mol. The normalized spacial score (nSPS) is 12.5. The molecule has 3 rings (SSSR count). The largest absolute Gasteiger partial charge is 0.492 e. The number of aliphatic hydroxyl groups excluding tert-OH is 1. The Morgan fingerprint density at radius 3 is 2.78 bits per heavy atom. The van der Waals surface area contributed by atoms with Gasteiger partial charge in [-0.2, -0.15) is 0 Å². The third kappa shape index (κ3) is 3.37. The Bertz CT molecular complexity index is 795. The molecule has 0 aliphatic heterocycles. The second kappa shape index (κ2) is 6.84. The summed E-state index contributed by atoms with van der Waals surface area (Å²) in [6.45, 7) is 5.19. The average Bonchev–Trinajstić information content (AvgIpc) is 2.93. The van der Waals surface area contributed by atoms with Crippen LogP contribution >= 0.6 is 0 Å². The van der Waals surface area contributed by atoms with Gasteiger partial charge in [-0.05, 0) is 43.2 Å². The summed E-state index contributed by atoms with van der Waals surface area (Å²) in [5, 5.41) is 10.2. The molecule has 0 bridgehead atoms. The molecule has 0 aliphatic carbocycles. The number of hydrogen-bond donors (Lipinski definition) is 1. The summed E-state index contributed by atoms with van der Waals surface area (Å²) >= 11 is 0. The van der Waals surface area contributed by atoms with Crippen molar-refractivity contribution < 1.29 is 9.84 Å². The number of aliphatic hydroxyl groups is 1. The second-order valence-electron chi connectivity index (χ2n) is 5.70. The van der Waals surface area contributed by atoms with Crippen molar-refractivity contribution in [3.8, 4) is 5.75 Å². The van der Waals surface area contributed by atoms with Crippen molar-refractivity contribution in [2.24, 2.45) is 0 Å². The first-order valence-electron chi connectivity index (χ1n) is 8.01. The fraction of sp³-hybridized carbons (Fsp3) is 0.316. The van der Waals surface area contributed by atoms with E-state index in [1.54, 1.807) is 0 Å². The van der Waals surface area contributed by atoms with Crippen molar-refractivity contribution in [3.63, 3.8) is 0 Å². The maximum atomic E-state index is 10.2. The highest BCUT2D eigenvalue weighted by molar-refractivity contribution is 5.76. The SMILES string of the molecule is CC[C@H](O)c1nc2ccccc2n1CCOc1cccc(C)c1. The third-order valence-electron chi connectivity index (χ3n) is 3.94. The molecule has 3 aromatic rings. The van der Waals surface area contributed by atoms with Gasteiger partial charge in [-0.1, -0.05) is 31.2 Å². The van der Waals surface area contributed by atoms with Crippen molar-refractivity contribution >= 4 is 11.0 Å². The van der Waals surface area contributed by atoms with Gasteiger partial charge in [0.2, 0.25) is 0 Å². The Balaban J connectivity index is 1.81. The van der Waals surface area contributed by atoms with Crippen LogP contribution in [0.1, 0.15) is 30.8 Å². The molecule has 0 saturated heterocycles. The zero-order valence-electron chi connectivity index (χ0n) is 13.6. The van der Waals surface area contributed by atoms with Crippen LogP contribution in [0.5, 0.6) is 5.75 Å². The molecule has 0 amide bonds. The second-order valence-corrected chi connectivity index (χ2v) is 5.70. The number of ether oxygens (including phenoxy) is 1. The van der Waals surface area contributed by atoms with Crippen molar-refractivity contribution in [1.29, 1.82) is 0 Å². The minimum Gasteiger partial charge on any atom is -0.492 e. The Hall–Kier alpha value is -2.33. The molecule has 0 spiro atoms. The fourth-order valence-corrected chi connectivity index (χ4v) is 2.73. The topological polar surface area (TPSA) is 47.3 Å². The smallest absolute Gasteiger partial charge is 0.138 e. The summed E-state index contributed by atoms with van der Waals surface area (Å²) in [5.74, 6) is 1.58. The first-order chi connectivity index (χ1) is 11.2.